The summed E-state index contributed by atoms with van der Waals surface area (Å²) in [6, 6.07) is 12.3. The van der Waals surface area contributed by atoms with Crippen molar-refractivity contribution in [3.8, 4) is 0 Å². The van der Waals surface area contributed by atoms with E-state index in [2.05, 4.69) is 33.0 Å². The van der Waals surface area contributed by atoms with E-state index in [4.69, 9.17) is 0 Å². The van der Waals surface area contributed by atoms with Gasteiger partial charge in [-0.15, -0.1) is 11.3 Å². The molecular weight excluding hydrogens is 348 g/mol. The predicted octanol–water partition coefficient (Wildman–Crippen LogP) is 3.53. The van der Waals surface area contributed by atoms with Crippen molar-refractivity contribution in [1.82, 2.24) is 4.90 Å². The molecule has 1 aromatic carbocycles. The molecule has 0 aliphatic carbocycles. The summed E-state index contributed by atoms with van der Waals surface area (Å²) in [6.07, 6.45) is 0.962. The number of carbonyl (C=O) groups is 1. The minimum absolute atomic E-state index is 0.179. The molecule has 0 bridgehead atoms. The summed E-state index contributed by atoms with van der Waals surface area (Å²) in [6.45, 7) is 2.05. The van der Waals surface area contributed by atoms with Gasteiger partial charge in [0.15, 0.2) is 0 Å². The van der Waals surface area contributed by atoms with Crippen molar-refractivity contribution in [3.05, 3.63) is 50.6 Å². The van der Waals surface area contributed by atoms with E-state index in [1.54, 1.807) is 11.3 Å². The molecule has 1 aliphatic rings. The van der Waals surface area contributed by atoms with Gasteiger partial charge in [0.1, 0.15) is 0 Å². The first-order valence-corrected chi connectivity index (χ1v) is 8.55. The van der Waals surface area contributed by atoms with Crippen LogP contribution in [-0.2, 0) is 17.8 Å². The number of thiophene rings is 1. The second kappa shape index (κ2) is 6.30. The molecule has 0 unspecified atom stereocenters. The Morgan fingerprint density at radius 2 is 2.14 bits per heavy atom. The highest BCUT2D eigenvalue weighted by Crippen LogP contribution is 2.27. The van der Waals surface area contributed by atoms with Crippen LogP contribution < -0.4 is 4.90 Å². The van der Waals surface area contributed by atoms with Crippen molar-refractivity contribution in [2.75, 3.05) is 25.0 Å². The first-order valence-electron chi connectivity index (χ1n) is 6.94. The van der Waals surface area contributed by atoms with Gasteiger partial charge < -0.3 is 4.90 Å². The molecule has 2 heterocycles. The maximum absolute atomic E-state index is 12.5. The third kappa shape index (κ3) is 3.36. The van der Waals surface area contributed by atoms with Crippen LogP contribution in [0.3, 0.4) is 0 Å². The summed E-state index contributed by atoms with van der Waals surface area (Å²) in [7, 11) is 1.99. The number of para-hydroxylation sites is 1. The van der Waals surface area contributed by atoms with Crippen molar-refractivity contribution in [1.29, 1.82) is 0 Å². The van der Waals surface area contributed by atoms with E-state index in [0.29, 0.717) is 6.54 Å². The zero-order valence-electron chi connectivity index (χ0n) is 11.9. The van der Waals surface area contributed by atoms with Crippen LogP contribution in [0.4, 0.5) is 5.69 Å². The molecule has 0 spiro atoms. The van der Waals surface area contributed by atoms with Gasteiger partial charge in [-0.3, -0.25) is 9.69 Å². The molecule has 3 nitrogen and oxygen atoms in total. The number of fused-ring (bicyclic) bond motifs is 1. The van der Waals surface area contributed by atoms with Crippen LogP contribution in [0.5, 0.6) is 0 Å². The summed E-state index contributed by atoms with van der Waals surface area (Å²) >= 11 is 5.18. The lowest BCUT2D eigenvalue weighted by molar-refractivity contribution is -0.119. The molecule has 21 heavy (non-hydrogen) atoms. The van der Waals surface area contributed by atoms with E-state index in [-0.39, 0.29) is 5.91 Å². The number of likely N-dealkylation sites (N-methyl/N-ethyl adjacent to an activating group) is 1. The number of benzene rings is 1. The second-order valence-electron chi connectivity index (χ2n) is 5.30. The predicted molar refractivity (Wildman–Crippen MR) is 90.9 cm³/mol. The maximum Gasteiger partial charge on any atom is 0.241 e. The Hall–Kier alpha value is -1.17. The first-order chi connectivity index (χ1) is 10.1. The zero-order chi connectivity index (χ0) is 14.8. The van der Waals surface area contributed by atoms with E-state index in [1.165, 1.54) is 10.4 Å². The van der Waals surface area contributed by atoms with Gasteiger partial charge in [-0.2, -0.15) is 0 Å². The lowest BCUT2D eigenvalue weighted by Crippen LogP contribution is -2.37. The van der Waals surface area contributed by atoms with Gasteiger partial charge in [0.25, 0.3) is 0 Å². The number of rotatable bonds is 4. The smallest absolute Gasteiger partial charge is 0.241 e. The van der Waals surface area contributed by atoms with Crippen LogP contribution in [0.15, 0.2) is 40.2 Å². The van der Waals surface area contributed by atoms with Crippen molar-refractivity contribution in [2.45, 2.75) is 13.0 Å². The fourth-order valence-electron chi connectivity index (χ4n) is 2.67. The highest BCUT2D eigenvalue weighted by molar-refractivity contribution is 9.11. The van der Waals surface area contributed by atoms with Crippen LogP contribution in [0, 0.1) is 0 Å². The fourth-order valence-corrected chi connectivity index (χ4v) is 4.24. The Labute approximate surface area is 137 Å². The van der Waals surface area contributed by atoms with Crippen molar-refractivity contribution in [2.24, 2.45) is 0 Å². The molecule has 5 heteroatoms. The molecule has 1 aromatic heterocycles. The van der Waals surface area contributed by atoms with Crippen molar-refractivity contribution < 1.29 is 4.79 Å². The number of anilines is 1. The monoisotopic (exact) mass is 364 g/mol. The Morgan fingerprint density at radius 1 is 1.33 bits per heavy atom. The number of nitrogens with zero attached hydrogens (tertiary/aromatic N) is 2. The van der Waals surface area contributed by atoms with E-state index in [1.807, 2.05) is 36.2 Å². The largest absolute Gasteiger partial charge is 0.311 e. The number of hydrogen-bond acceptors (Lipinski definition) is 3. The van der Waals surface area contributed by atoms with Gasteiger partial charge in [-0.25, -0.2) is 0 Å². The van der Waals surface area contributed by atoms with Crippen LogP contribution in [0.1, 0.15) is 10.4 Å². The molecule has 1 amide bonds. The van der Waals surface area contributed by atoms with Gasteiger partial charge in [-0.05, 0) is 53.2 Å². The van der Waals surface area contributed by atoms with Crippen LogP contribution in [0.25, 0.3) is 0 Å². The normalized spacial score (nSPS) is 13.8. The topological polar surface area (TPSA) is 23.6 Å². The minimum atomic E-state index is 0.179. The van der Waals surface area contributed by atoms with Gasteiger partial charge in [0, 0.05) is 23.7 Å². The maximum atomic E-state index is 12.5. The van der Waals surface area contributed by atoms with Gasteiger partial charge in [0.2, 0.25) is 5.91 Å². The summed E-state index contributed by atoms with van der Waals surface area (Å²) in [5.74, 6) is 0.179. The van der Waals surface area contributed by atoms with E-state index in [0.717, 1.165) is 29.0 Å². The van der Waals surface area contributed by atoms with E-state index >= 15 is 0 Å². The molecule has 110 valence electrons. The molecule has 1 aliphatic heterocycles. The molecule has 0 N–H and O–H groups in total. The van der Waals surface area contributed by atoms with Crippen LogP contribution >= 0.6 is 27.3 Å². The minimum Gasteiger partial charge on any atom is -0.311 e. The molecular formula is C16H17BrN2OS. The summed E-state index contributed by atoms with van der Waals surface area (Å²) in [4.78, 5) is 17.7. The second-order valence-corrected chi connectivity index (χ2v) is 7.85. The van der Waals surface area contributed by atoms with Gasteiger partial charge in [-0.1, -0.05) is 18.2 Å². The summed E-state index contributed by atoms with van der Waals surface area (Å²) in [5.41, 5.74) is 2.35. The summed E-state index contributed by atoms with van der Waals surface area (Å²) in [5, 5.41) is 0. The van der Waals surface area contributed by atoms with Crippen LogP contribution in [-0.4, -0.2) is 30.9 Å². The number of halogens is 1. The average molecular weight is 365 g/mol. The number of amides is 1. The van der Waals surface area contributed by atoms with Gasteiger partial charge in [0.05, 0.1) is 10.3 Å². The Kier molecular flexibility index (Phi) is 4.42. The molecule has 2 aromatic rings. The summed E-state index contributed by atoms with van der Waals surface area (Å²) < 4.78 is 1.13. The highest BCUT2D eigenvalue weighted by atomic mass is 79.9. The quantitative estimate of drug-likeness (QED) is 0.828. The Balaban J connectivity index is 1.62. The van der Waals surface area contributed by atoms with E-state index in [9.17, 15) is 4.79 Å². The number of hydrogen-bond donors (Lipinski definition) is 0. The number of carbonyl (C=O) groups excluding carboxylic acids is 1. The Morgan fingerprint density at radius 3 is 2.90 bits per heavy atom. The molecule has 0 saturated carbocycles. The zero-order valence-corrected chi connectivity index (χ0v) is 14.3. The molecule has 0 atom stereocenters. The third-order valence-electron chi connectivity index (χ3n) is 3.65. The van der Waals surface area contributed by atoms with Crippen molar-refractivity contribution in [3.63, 3.8) is 0 Å². The lowest BCUT2D eigenvalue weighted by atomic mass is 10.2. The van der Waals surface area contributed by atoms with Crippen LogP contribution in [0.2, 0.25) is 0 Å². The fraction of sp³-hybridized carbons (Fsp3) is 0.312. The SMILES string of the molecule is CN(CC(=O)N1CCc2ccccc21)Cc1ccc(Br)s1. The molecule has 0 fully saturated rings. The first kappa shape index (κ1) is 14.8. The molecule has 0 radical (unpaired) electrons. The highest BCUT2D eigenvalue weighted by Gasteiger charge is 2.24. The lowest BCUT2D eigenvalue weighted by Gasteiger charge is -2.21. The third-order valence-corrected chi connectivity index (χ3v) is 5.26. The molecule has 3 rings (SSSR count). The average Bonchev–Trinajstić information content (AvgIpc) is 3.04. The van der Waals surface area contributed by atoms with Crippen molar-refractivity contribution >= 4 is 38.9 Å². The van der Waals surface area contributed by atoms with E-state index < -0.39 is 0 Å². The Bertz CT molecular complexity index is 655. The van der Waals surface area contributed by atoms with Gasteiger partial charge >= 0.3 is 0 Å². The molecule has 0 saturated heterocycles. The standard InChI is InChI=1S/C16H17BrN2OS/c1-18(10-13-6-7-15(17)21-13)11-16(20)19-9-8-12-4-2-3-5-14(12)19/h2-7H,8-11H2,1H3.